The van der Waals surface area contributed by atoms with E-state index < -0.39 is 52.5 Å². The zero-order valence-electron chi connectivity index (χ0n) is 36.1. The minimum Gasteiger partial charge on any atom is -0.308 e. The maximum absolute atomic E-state index is 14.6. The first kappa shape index (κ1) is 46.5. The van der Waals surface area contributed by atoms with Gasteiger partial charge in [0.1, 0.15) is 0 Å². The Morgan fingerprint density at radius 1 is 0.282 bits per heavy atom. The second-order valence-electron chi connectivity index (χ2n) is 16.5. The molecule has 0 aliphatic heterocycles. The molecule has 0 unspecified atom stereocenters. The van der Waals surface area contributed by atoms with E-state index >= 15 is 0 Å². The monoisotopic (exact) mass is 974 g/mol. The Morgan fingerprint density at radius 2 is 0.690 bits per heavy atom. The molecule has 16 heteroatoms. The van der Waals surface area contributed by atoms with E-state index in [9.17, 15) is 52.7 Å². The molecule has 354 valence electrons. The highest BCUT2D eigenvalue weighted by atomic mass is 19.4. The molecule has 0 amide bonds. The average Bonchev–Trinajstić information content (AvgIpc) is 3.68. The lowest BCUT2D eigenvalue weighted by atomic mass is 9.91. The van der Waals surface area contributed by atoms with E-state index in [0.29, 0.717) is 34.2 Å². The van der Waals surface area contributed by atoms with E-state index in [0.717, 1.165) is 24.3 Å². The van der Waals surface area contributed by atoms with Gasteiger partial charge in [0.25, 0.3) is 0 Å². The predicted octanol–water partition coefficient (Wildman–Crippen LogP) is 17.0. The normalized spacial score (nSPS) is 12.5. The summed E-state index contributed by atoms with van der Waals surface area (Å²) in [5.41, 5.74) is -3.57. The number of nitrogens with zero attached hydrogens (tertiary/aromatic N) is 4. The smallest absolute Gasteiger partial charge is 0.308 e. The van der Waals surface area contributed by atoms with Gasteiger partial charge in [-0.25, -0.2) is 15.0 Å². The molecule has 0 aliphatic carbocycles. The van der Waals surface area contributed by atoms with Crippen molar-refractivity contribution in [2.24, 2.45) is 0 Å². The Balaban J connectivity index is 1.33. The number of hydrogen-bond acceptors (Lipinski definition) is 3. The molecule has 0 spiro atoms. The van der Waals surface area contributed by atoms with Crippen LogP contribution in [-0.2, 0) is 24.7 Å². The number of alkyl halides is 12. The topological polar surface area (TPSA) is 43.6 Å². The van der Waals surface area contributed by atoms with Gasteiger partial charge in [-0.15, -0.1) is 0 Å². The molecule has 4 nitrogen and oxygen atoms in total. The lowest BCUT2D eigenvalue weighted by molar-refractivity contribution is -0.143. The van der Waals surface area contributed by atoms with E-state index in [-0.39, 0.29) is 73.5 Å². The van der Waals surface area contributed by atoms with E-state index in [1.807, 2.05) is 0 Å². The standard InChI is InChI=1S/C55H30F12N4/c56-52(57,58)38-17-9-15-34(23-38)43-28-37(51-69-49(31-11-3-1-4-12-31)68-50(70-51)32-13-5-2-6-14-32)29-44(35-16-10-18-39(24-35)53(59,60)61)48(43)71-46-20-8-7-19-42(46)45-27-33(21-22-47(45)71)36-25-40(54(62,63)64)30-41(26-36)55(65,66)67/h1-30H. The number of aromatic nitrogens is 4. The van der Waals surface area contributed by atoms with E-state index in [4.69, 9.17) is 15.0 Å². The molecule has 0 fully saturated rings. The first-order valence-electron chi connectivity index (χ1n) is 21.4. The van der Waals surface area contributed by atoms with Crippen LogP contribution in [0.3, 0.4) is 0 Å². The zero-order chi connectivity index (χ0) is 50.0. The Kier molecular flexibility index (Phi) is 11.3. The highest BCUT2D eigenvalue weighted by molar-refractivity contribution is 6.12. The number of halogens is 12. The first-order valence-corrected chi connectivity index (χ1v) is 21.4. The molecule has 0 saturated carbocycles. The number of hydrogen-bond donors (Lipinski definition) is 0. The van der Waals surface area contributed by atoms with Crippen molar-refractivity contribution in [2.75, 3.05) is 0 Å². The van der Waals surface area contributed by atoms with Crippen molar-refractivity contribution in [1.82, 2.24) is 19.5 Å². The second-order valence-corrected chi connectivity index (χ2v) is 16.5. The zero-order valence-corrected chi connectivity index (χ0v) is 36.1. The van der Waals surface area contributed by atoms with Crippen LogP contribution in [0.15, 0.2) is 182 Å². The van der Waals surface area contributed by atoms with Crippen molar-refractivity contribution in [2.45, 2.75) is 24.7 Å². The van der Waals surface area contributed by atoms with Gasteiger partial charge in [-0.05, 0) is 95.1 Å². The third kappa shape index (κ3) is 9.08. The molecule has 71 heavy (non-hydrogen) atoms. The molecule has 2 aromatic heterocycles. The van der Waals surface area contributed by atoms with Crippen molar-refractivity contribution >= 4 is 21.8 Å². The summed E-state index contributed by atoms with van der Waals surface area (Å²) >= 11 is 0. The van der Waals surface area contributed by atoms with E-state index in [1.165, 1.54) is 54.6 Å². The van der Waals surface area contributed by atoms with Crippen molar-refractivity contribution < 1.29 is 52.7 Å². The van der Waals surface area contributed by atoms with Crippen LogP contribution in [0.4, 0.5) is 52.7 Å². The fraction of sp³-hybridized carbons (Fsp3) is 0.0727. The van der Waals surface area contributed by atoms with Gasteiger partial charge in [-0.2, -0.15) is 52.7 Å². The van der Waals surface area contributed by atoms with Crippen LogP contribution in [0, 0.1) is 0 Å². The van der Waals surface area contributed by atoms with Crippen molar-refractivity contribution in [3.63, 3.8) is 0 Å². The molecule has 0 radical (unpaired) electrons. The van der Waals surface area contributed by atoms with E-state index in [2.05, 4.69) is 0 Å². The van der Waals surface area contributed by atoms with Gasteiger partial charge in [0.05, 0.1) is 39.0 Å². The summed E-state index contributed by atoms with van der Waals surface area (Å²) < 4.78 is 174. The SMILES string of the molecule is FC(F)(F)c1cccc(-c2cc(-c3nc(-c4ccccc4)nc(-c4ccccc4)n3)cc(-c3cccc(C(F)(F)F)c3)c2-n2c3ccccc3c3cc(-c4cc(C(F)(F)F)cc(C(F)(F)F)c4)ccc32)c1. The van der Waals surface area contributed by atoms with E-state index in [1.54, 1.807) is 89.5 Å². The third-order valence-corrected chi connectivity index (χ3v) is 11.9. The quantitative estimate of drug-likeness (QED) is 0.150. The largest absolute Gasteiger partial charge is 0.416 e. The minimum atomic E-state index is -5.14. The molecule has 0 atom stereocenters. The summed E-state index contributed by atoms with van der Waals surface area (Å²) in [5.74, 6) is 0.430. The van der Waals surface area contributed by atoms with Gasteiger partial charge in [0, 0.05) is 38.6 Å². The van der Waals surface area contributed by atoms with Crippen molar-refractivity contribution in [1.29, 1.82) is 0 Å². The third-order valence-electron chi connectivity index (χ3n) is 11.9. The van der Waals surface area contributed by atoms with Crippen molar-refractivity contribution in [3.05, 3.63) is 204 Å². The van der Waals surface area contributed by atoms with Gasteiger partial charge < -0.3 is 4.57 Å². The van der Waals surface area contributed by atoms with Gasteiger partial charge in [0.15, 0.2) is 17.5 Å². The lowest BCUT2D eigenvalue weighted by Crippen LogP contribution is -2.11. The molecule has 8 aromatic carbocycles. The van der Waals surface area contributed by atoms with Crippen LogP contribution in [0.2, 0.25) is 0 Å². The predicted molar refractivity (Wildman–Crippen MR) is 247 cm³/mol. The molecule has 0 bridgehead atoms. The molecule has 0 N–H and O–H groups in total. The molecule has 0 saturated heterocycles. The molecular weight excluding hydrogens is 945 g/mol. The summed E-state index contributed by atoms with van der Waals surface area (Å²) in [5, 5.41) is 0.689. The van der Waals surface area contributed by atoms with Crippen molar-refractivity contribution in [3.8, 4) is 73.2 Å². The maximum Gasteiger partial charge on any atom is 0.416 e. The summed E-state index contributed by atoms with van der Waals surface area (Å²) in [6.45, 7) is 0. The highest BCUT2D eigenvalue weighted by Crippen LogP contribution is 2.47. The van der Waals surface area contributed by atoms with Crippen LogP contribution < -0.4 is 0 Å². The maximum atomic E-state index is 14.6. The van der Waals surface area contributed by atoms with Crippen LogP contribution in [0.25, 0.3) is 95.0 Å². The fourth-order valence-electron chi connectivity index (χ4n) is 8.62. The number of rotatable bonds is 7. The Hall–Kier alpha value is -8.27. The molecule has 10 aromatic rings. The number of para-hydroxylation sites is 1. The van der Waals surface area contributed by atoms with Gasteiger partial charge >= 0.3 is 24.7 Å². The van der Waals surface area contributed by atoms with Gasteiger partial charge in [-0.3, -0.25) is 0 Å². The summed E-state index contributed by atoms with van der Waals surface area (Å²) in [6, 6.07) is 41.3. The van der Waals surface area contributed by atoms with Crippen LogP contribution in [-0.4, -0.2) is 19.5 Å². The molecular formula is C55H30F12N4. The fourth-order valence-corrected chi connectivity index (χ4v) is 8.62. The van der Waals surface area contributed by atoms with Gasteiger partial charge in [-0.1, -0.05) is 109 Å². The van der Waals surface area contributed by atoms with Crippen LogP contribution in [0.5, 0.6) is 0 Å². The molecule has 0 aliphatic rings. The van der Waals surface area contributed by atoms with Gasteiger partial charge in [0.2, 0.25) is 0 Å². The lowest BCUT2D eigenvalue weighted by Gasteiger charge is -2.22. The average molecular weight is 975 g/mol. The van der Waals surface area contributed by atoms with Crippen LogP contribution in [0.1, 0.15) is 22.3 Å². The highest BCUT2D eigenvalue weighted by Gasteiger charge is 2.38. The molecule has 2 heterocycles. The summed E-state index contributed by atoms with van der Waals surface area (Å²) in [4.78, 5) is 14.4. The number of benzene rings is 8. The van der Waals surface area contributed by atoms with Crippen LogP contribution >= 0.6 is 0 Å². The Bertz CT molecular complexity index is 3480. The first-order chi connectivity index (χ1) is 33.7. The minimum absolute atomic E-state index is 0.0110. The Labute approximate surface area is 395 Å². The summed E-state index contributed by atoms with van der Waals surface area (Å²) in [7, 11) is 0. The Morgan fingerprint density at radius 3 is 1.17 bits per heavy atom. The second kappa shape index (κ2) is 17.3. The molecule has 10 rings (SSSR count). The summed E-state index contributed by atoms with van der Waals surface area (Å²) in [6.07, 6.45) is -20.0. The number of fused-ring (bicyclic) bond motifs is 3.